The first-order valence-electron chi connectivity index (χ1n) is 4.86. The Bertz CT molecular complexity index is 700. The number of rotatable bonds is 0. The molecule has 0 fully saturated rings. The van der Waals surface area contributed by atoms with Crippen LogP contribution in [0.2, 0.25) is 0 Å². The molecule has 1 aromatic carbocycles. The number of nitrogens with zero attached hydrogens (tertiary/aromatic N) is 3. The Labute approximate surface area is 93.5 Å². The Morgan fingerprint density at radius 1 is 1.12 bits per heavy atom. The molecule has 3 rings (SSSR count). The molecule has 0 aliphatic carbocycles. The van der Waals surface area contributed by atoms with Crippen LogP contribution in [0.4, 0.5) is 13.2 Å². The molecule has 17 heavy (non-hydrogen) atoms. The van der Waals surface area contributed by atoms with Crippen LogP contribution >= 0.6 is 0 Å². The van der Waals surface area contributed by atoms with E-state index in [0.717, 1.165) is 0 Å². The van der Waals surface area contributed by atoms with Crippen LogP contribution < -0.4 is 0 Å². The van der Waals surface area contributed by atoms with Crippen molar-refractivity contribution >= 4 is 16.7 Å². The number of aromatic nitrogens is 3. The molecule has 0 bridgehead atoms. The molecule has 0 saturated heterocycles. The summed E-state index contributed by atoms with van der Waals surface area (Å²) in [4.78, 5) is 7.35. The van der Waals surface area contributed by atoms with E-state index in [1.807, 2.05) is 0 Å². The highest BCUT2D eigenvalue weighted by molar-refractivity contribution is 5.78. The molecule has 0 radical (unpaired) electrons. The highest BCUT2D eigenvalue weighted by atomic mass is 19.4. The second-order valence-corrected chi connectivity index (χ2v) is 3.57. The molecule has 0 unspecified atom stereocenters. The fourth-order valence-corrected chi connectivity index (χ4v) is 1.80. The van der Waals surface area contributed by atoms with E-state index in [0.29, 0.717) is 11.0 Å². The highest BCUT2D eigenvalue weighted by Crippen LogP contribution is 2.31. The van der Waals surface area contributed by atoms with Gasteiger partial charge in [0.25, 0.3) is 0 Å². The maximum atomic E-state index is 12.8. The minimum atomic E-state index is -4.50. The van der Waals surface area contributed by atoms with Gasteiger partial charge in [-0.3, -0.25) is 4.40 Å². The third-order valence-electron chi connectivity index (χ3n) is 2.49. The summed E-state index contributed by atoms with van der Waals surface area (Å²) >= 11 is 0. The Morgan fingerprint density at radius 2 is 1.88 bits per heavy atom. The van der Waals surface area contributed by atoms with E-state index >= 15 is 0 Å². The van der Waals surface area contributed by atoms with Crippen LogP contribution in [0, 0.1) is 0 Å². The first-order chi connectivity index (χ1) is 8.07. The van der Waals surface area contributed by atoms with Crippen molar-refractivity contribution in [2.24, 2.45) is 0 Å². The van der Waals surface area contributed by atoms with Crippen LogP contribution in [0.3, 0.4) is 0 Å². The molecule has 6 heteroatoms. The van der Waals surface area contributed by atoms with Crippen LogP contribution in [0.5, 0.6) is 0 Å². The maximum absolute atomic E-state index is 12.8. The van der Waals surface area contributed by atoms with Crippen molar-refractivity contribution in [3.05, 3.63) is 42.4 Å². The van der Waals surface area contributed by atoms with E-state index in [1.165, 1.54) is 16.8 Å². The number of hydrogen-bond donors (Lipinski definition) is 0. The van der Waals surface area contributed by atoms with Crippen LogP contribution in [-0.4, -0.2) is 14.4 Å². The normalized spacial score (nSPS) is 12.4. The van der Waals surface area contributed by atoms with E-state index in [2.05, 4.69) is 9.97 Å². The first kappa shape index (κ1) is 10.1. The third kappa shape index (κ3) is 1.44. The minimum absolute atomic E-state index is 0.170. The lowest BCUT2D eigenvalue weighted by Gasteiger charge is -2.09. The van der Waals surface area contributed by atoms with Gasteiger partial charge in [-0.05, 0) is 12.1 Å². The molecular formula is C11H6F3N3. The predicted molar refractivity (Wildman–Crippen MR) is 55.5 cm³/mol. The summed E-state index contributed by atoms with van der Waals surface area (Å²) in [6, 6.07) is 6.65. The van der Waals surface area contributed by atoms with Gasteiger partial charge in [-0.2, -0.15) is 13.2 Å². The monoisotopic (exact) mass is 237 g/mol. The zero-order valence-electron chi connectivity index (χ0n) is 8.44. The summed E-state index contributed by atoms with van der Waals surface area (Å²) < 4.78 is 39.8. The van der Waals surface area contributed by atoms with Crippen molar-refractivity contribution in [2.45, 2.75) is 6.18 Å². The lowest BCUT2D eigenvalue weighted by molar-refractivity contribution is -0.139. The van der Waals surface area contributed by atoms with Gasteiger partial charge in [0.15, 0.2) is 11.3 Å². The van der Waals surface area contributed by atoms with Gasteiger partial charge in [0.05, 0.1) is 11.0 Å². The quantitative estimate of drug-likeness (QED) is 0.601. The van der Waals surface area contributed by atoms with Gasteiger partial charge < -0.3 is 0 Å². The molecule has 2 heterocycles. The molecule has 0 aliphatic heterocycles. The second kappa shape index (κ2) is 3.19. The largest absolute Gasteiger partial charge is 0.437 e. The number of benzene rings is 1. The van der Waals surface area contributed by atoms with Gasteiger partial charge in [0.1, 0.15) is 0 Å². The van der Waals surface area contributed by atoms with Crippen LogP contribution in [0.1, 0.15) is 5.69 Å². The smallest absolute Gasteiger partial charge is 0.296 e. The zero-order valence-corrected chi connectivity index (χ0v) is 8.44. The Hall–Kier alpha value is -2.11. The molecule has 2 aromatic heterocycles. The molecule has 0 atom stereocenters. The van der Waals surface area contributed by atoms with Gasteiger partial charge in [-0.15, -0.1) is 0 Å². The summed E-state index contributed by atoms with van der Waals surface area (Å²) in [5, 5.41) is 0. The average Bonchev–Trinajstić information content (AvgIpc) is 2.75. The minimum Gasteiger partial charge on any atom is -0.296 e. The lowest BCUT2D eigenvalue weighted by Crippen LogP contribution is -2.11. The summed E-state index contributed by atoms with van der Waals surface area (Å²) in [5.41, 5.74) is -0.226. The van der Waals surface area contributed by atoms with Gasteiger partial charge in [0.2, 0.25) is 0 Å². The second-order valence-electron chi connectivity index (χ2n) is 3.57. The van der Waals surface area contributed by atoms with E-state index in [-0.39, 0.29) is 5.65 Å². The Morgan fingerprint density at radius 3 is 2.65 bits per heavy atom. The molecule has 0 spiro atoms. The molecule has 0 amide bonds. The SMILES string of the molecule is FC(F)(F)c1nc2ccccc2n2ccnc12. The summed E-state index contributed by atoms with van der Waals surface area (Å²) in [6.45, 7) is 0. The van der Waals surface area contributed by atoms with Crippen molar-refractivity contribution in [1.29, 1.82) is 0 Å². The van der Waals surface area contributed by atoms with Crippen molar-refractivity contribution < 1.29 is 13.2 Å². The number of fused-ring (bicyclic) bond motifs is 3. The van der Waals surface area contributed by atoms with E-state index in [4.69, 9.17) is 0 Å². The fraction of sp³-hybridized carbons (Fsp3) is 0.0909. The standard InChI is InChI=1S/C11H6F3N3/c12-11(13,14)9-10-15-5-6-17(10)8-4-2-1-3-7(8)16-9/h1-6H. The fourth-order valence-electron chi connectivity index (χ4n) is 1.80. The topological polar surface area (TPSA) is 30.2 Å². The number of halogens is 3. The van der Waals surface area contributed by atoms with Crippen molar-refractivity contribution in [1.82, 2.24) is 14.4 Å². The third-order valence-corrected chi connectivity index (χ3v) is 2.49. The molecular weight excluding hydrogens is 231 g/mol. The van der Waals surface area contributed by atoms with Gasteiger partial charge in [-0.1, -0.05) is 12.1 Å². The van der Waals surface area contributed by atoms with Gasteiger partial charge in [0, 0.05) is 12.4 Å². The molecule has 0 aliphatic rings. The average molecular weight is 237 g/mol. The molecule has 3 aromatic rings. The first-order valence-corrected chi connectivity index (χ1v) is 4.86. The summed E-state index contributed by atoms with van der Waals surface area (Å²) in [7, 11) is 0. The maximum Gasteiger partial charge on any atom is 0.437 e. The number of alkyl halides is 3. The Balaban J connectivity index is 2.53. The number of hydrogen-bond acceptors (Lipinski definition) is 2. The van der Waals surface area contributed by atoms with E-state index < -0.39 is 11.9 Å². The summed E-state index contributed by atoms with van der Waals surface area (Å²) in [6.07, 6.45) is -1.68. The highest BCUT2D eigenvalue weighted by Gasteiger charge is 2.36. The predicted octanol–water partition coefficient (Wildman–Crippen LogP) is 2.90. The molecule has 0 N–H and O–H groups in total. The summed E-state index contributed by atoms with van der Waals surface area (Å²) in [5.74, 6) is 0. The van der Waals surface area contributed by atoms with Gasteiger partial charge in [-0.25, -0.2) is 9.97 Å². The van der Waals surface area contributed by atoms with E-state index in [1.54, 1.807) is 24.3 Å². The van der Waals surface area contributed by atoms with Crippen LogP contribution in [-0.2, 0) is 6.18 Å². The molecule has 0 saturated carbocycles. The zero-order chi connectivity index (χ0) is 12.0. The molecule has 86 valence electrons. The number of para-hydroxylation sites is 2. The van der Waals surface area contributed by atoms with Crippen LogP contribution in [0.25, 0.3) is 16.7 Å². The van der Waals surface area contributed by atoms with Crippen LogP contribution in [0.15, 0.2) is 36.7 Å². The van der Waals surface area contributed by atoms with Crippen molar-refractivity contribution in [3.63, 3.8) is 0 Å². The lowest BCUT2D eigenvalue weighted by atomic mass is 10.3. The Kier molecular flexibility index (Phi) is 1.89. The molecule has 3 nitrogen and oxygen atoms in total. The van der Waals surface area contributed by atoms with E-state index in [9.17, 15) is 13.2 Å². The number of imidazole rings is 1. The van der Waals surface area contributed by atoms with Crippen molar-refractivity contribution in [2.75, 3.05) is 0 Å². The van der Waals surface area contributed by atoms with Crippen molar-refractivity contribution in [3.8, 4) is 0 Å². The van der Waals surface area contributed by atoms with Gasteiger partial charge >= 0.3 is 6.18 Å².